The van der Waals surface area contributed by atoms with Crippen LogP contribution in [0.2, 0.25) is 0 Å². The molecule has 0 aliphatic rings. The first-order valence-electron chi connectivity index (χ1n) is 5.12. The highest BCUT2D eigenvalue weighted by molar-refractivity contribution is 7.18. The predicted molar refractivity (Wildman–Crippen MR) is 62.7 cm³/mol. The Kier molecular flexibility index (Phi) is 5.13. The van der Waals surface area contributed by atoms with Crippen molar-refractivity contribution in [3.05, 3.63) is 16.3 Å². The van der Waals surface area contributed by atoms with E-state index in [1.807, 2.05) is 6.92 Å². The van der Waals surface area contributed by atoms with Gasteiger partial charge in [-0.2, -0.15) is 0 Å². The Morgan fingerprint density at radius 3 is 3.00 bits per heavy atom. The summed E-state index contributed by atoms with van der Waals surface area (Å²) in [6, 6.07) is 0. The molecule has 0 amide bonds. The van der Waals surface area contributed by atoms with Crippen LogP contribution in [0, 0.1) is 16.0 Å². The summed E-state index contributed by atoms with van der Waals surface area (Å²) in [7, 11) is 0. The topological polar surface area (TPSA) is 88.3 Å². The summed E-state index contributed by atoms with van der Waals surface area (Å²) >= 11 is 1.03. The maximum absolute atomic E-state index is 10.4. The standard InChI is InChI=1S/C9H15N3O3S/c1-2-7(3-4-13)5-10-9-11-6-8(16-9)12(14)15/h6-7,13H,2-5H2,1H3,(H,10,11). The van der Waals surface area contributed by atoms with Gasteiger partial charge < -0.3 is 10.4 Å². The second kappa shape index (κ2) is 6.39. The molecule has 1 heterocycles. The number of aliphatic hydroxyl groups excluding tert-OH is 1. The van der Waals surface area contributed by atoms with Crippen LogP contribution in [0.15, 0.2) is 6.20 Å². The van der Waals surface area contributed by atoms with Crippen molar-refractivity contribution in [1.29, 1.82) is 0 Å². The fourth-order valence-corrected chi connectivity index (χ4v) is 1.94. The van der Waals surface area contributed by atoms with Gasteiger partial charge >= 0.3 is 5.00 Å². The van der Waals surface area contributed by atoms with E-state index in [-0.39, 0.29) is 11.6 Å². The summed E-state index contributed by atoms with van der Waals surface area (Å²) < 4.78 is 0. The number of nitro groups is 1. The fourth-order valence-electron chi connectivity index (χ4n) is 1.30. The van der Waals surface area contributed by atoms with E-state index in [0.717, 1.165) is 24.2 Å². The van der Waals surface area contributed by atoms with Crippen molar-refractivity contribution < 1.29 is 10.0 Å². The number of anilines is 1. The second-order valence-electron chi connectivity index (χ2n) is 3.43. The molecule has 1 atom stereocenters. The summed E-state index contributed by atoms with van der Waals surface area (Å²) in [6.07, 6.45) is 2.94. The number of rotatable bonds is 7. The van der Waals surface area contributed by atoms with E-state index < -0.39 is 4.92 Å². The van der Waals surface area contributed by atoms with Crippen molar-refractivity contribution in [3.8, 4) is 0 Å². The highest BCUT2D eigenvalue weighted by Crippen LogP contribution is 2.25. The molecule has 0 fully saturated rings. The van der Waals surface area contributed by atoms with E-state index in [2.05, 4.69) is 10.3 Å². The minimum atomic E-state index is -0.451. The molecule has 16 heavy (non-hydrogen) atoms. The van der Waals surface area contributed by atoms with Crippen molar-refractivity contribution in [3.63, 3.8) is 0 Å². The van der Waals surface area contributed by atoms with Gasteiger partial charge in [0.25, 0.3) is 0 Å². The van der Waals surface area contributed by atoms with Crippen LogP contribution in [-0.4, -0.2) is 28.2 Å². The number of thiazole rings is 1. The molecule has 1 aromatic rings. The van der Waals surface area contributed by atoms with E-state index in [1.165, 1.54) is 6.20 Å². The lowest BCUT2D eigenvalue weighted by atomic mass is 10.0. The Morgan fingerprint density at radius 1 is 1.75 bits per heavy atom. The number of hydrogen-bond acceptors (Lipinski definition) is 6. The van der Waals surface area contributed by atoms with E-state index in [9.17, 15) is 10.1 Å². The minimum Gasteiger partial charge on any atom is -0.396 e. The molecule has 7 heteroatoms. The van der Waals surface area contributed by atoms with Gasteiger partial charge in [-0.15, -0.1) is 0 Å². The van der Waals surface area contributed by atoms with Crippen molar-refractivity contribution in [2.45, 2.75) is 19.8 Å². The summed E-state index contributed by atoms with van der Waals surface area (Å²) in [5, 5.41) is 22.9. The number of aliphatic hydroxyl groups is 1. The smallest absolute Gasteiger partial charge is 0.345 e. The molecule has 1 rings (SSSR count). The molecule has 90 valence electrons. The van der Waals surface area contributed by atoms with E-state index >= 15 is 0 Å². The largest absolute Gasteiger partial charge is 0.396 e. The number of hydrogen-bond donors (Lipinski definition) is 2. The first-order chi connectivity index (χ1) is 7.67. The lowest BCUT2D eigenvalue weighted by Crippen LogP contribution is -2.14. The Balaban J connectivity index is 2.44. The van der Waals surface area contributed by atoms with Gasteiger partial charge in [-0.25, -0.2) is 4.98 Å². The zero-order valence-corrected chi connectivity index (χ0v) is 9.87. The van der Waals surface area contributed by atoms with Crippen LogP contribution in [0.5, 0.6) is 0 Å². The maximum Gasteiger partial charge on any atom is 0.345 e. The Labute approximate surface area is 97.5 Å². The molecule has 0 saturated heterocycles. The van der Waals surface area contributed by atoms with Crippen molar-refractivity contribution in [2.24, 2.45) is 5.92 Å². The van der Waals surface area contributed by atoms with Crippen LogP contribution in [0.25, 0.3) is 0 Å². The summed E-state index contributed by atoms with van der Waals surface area (Å²) in [5.41, 5.74) is 0. The Bertz CT molecular complexity index is 342. The first kappa shape index (κ1) is 12.9. The molecule has 0 bridgehead atoms. The van der Waals surface area contributed by atoms with Gasteiger partial charge in [-0.3, -0.25) is 10.1 Å². The maximum atomic E-state index is 10.4. The Hall–Kier alpha value is -1.21. The van der Waals surface area contributed by atoms with Crippen LogP contribution in [0.4, 0.5) is 10.1 Å². The summed E-state index contributed by atoms with van der Waals surface area (Å²) in [6.45, 7) is 2.90. The third-order valence-corrected chi connectivity index (χ3v) is 3.24. The summed E-state index contributed by atoms with van der Waals surface area (Å²) in [4.78, 5) is 13.9. The second-order valence-corrected chi connectivity index (χ2v) is 4.44. The molecule has 0 saturated carbocycles. The lowest BCUT2D eigenvalue weighted by Gasteiger charge is -2.13. The third-order valence-electron chi connectivity index (χ3n) is 2.33. The van der Waals surface area contributed by atoms with Crippen molar-refractivity contribution in [2.75, 3.05) is 18.5 Å². The monoisotopic (exact) mass is 245 g/mol. The minimum absolute atomic E-state index is 0.0395. The molecule has 1 unspecified atom stereocenters. The molecule has 0 aliphatic carbocycles. The van der Waals surface area contributed by atoms with Crippen molar-refractivity contribution in [1.82, 2.24) is 4.98 Å². The highest BCUT2D eigenvalue weighted by atomic mass is 32.1. The molecular formula is C9H15N3O3S. The van der Waals surface area contributed by atoms with Crippen LogP contribution in [0.1, 0.15) is 19.8 Å². The van der Waals surface area contributed by atoms with E-state index in [0.29, 0.717) is 17.6 Å². The molecule has 1 aromatic heterocycles. The molecule has 6 nitrogen and oxygen atoms in total. The first-order valence-corrected chi connectivity index (χ1v) is 5.94. The molecular weight excluding hydrogens is 230 g/mol. The average Bonchev–Trinajstić information content (AvgIpc) is 2.73. The van der Waals surface area contributed by atoms with Crippen LogP contribution in [-0.2, 0) is 0 Å². The van der Waals surface area contributed by atoms with E-state index in [4.69, 9.17) is 5.11 Å². The van der Waals surface area contributed by atoms with E-state index in [1.54, 1.807) is 0 Å². The highest BCUT2D eigenvalue weighted by Gasteiger charge is 2.12. The van der Waals surface area contributed by atoms with Gasteiger partial charge in [0.05, 0.1) is 4.92 Å². The third kappa shape index (κ3) is 3.74. The number of nitrogens with zero attached hydrogens (tertiary/aromatic N) is 2. The summed E-state index contributed by atoms with van der Waals surface area (Å²) in [5.74, 6) is 0.368. The predicted octanol–water partition coefficient (Wildman–Crippen LogP) is 1.87. The zero-order chi connectivity index (χ0) is 12.0. The molecule has 0 spiro atoms. The Morgan fingerprint density at radius 2 is 2.50 bits per heavy atom. The SMILES string of the molecule is CCC(CCO)CNc1ncc([N+](=O)[O-])s1. The average molecular weight is 245 g/mol. The van der Waals surface area contributed by atoms with Crippen molar-refractivity contribution >= 4 is 21.5 Å². The fraction of sp³-hybridized carbons (Fsp3) is 0.667. The quantitative estimate of drug-likeness (QED) is 0.565. The molecule has 0 aromatic carbocycles. The van der Waals surface area contributed by atoms with Gasteiger partial charge in [0, 0.05) is 13.2 Å². The number of aromatic nitrogens is 1. The molecule has 0 radical (unpaired) electrons. The van der Waals surface area contributed by atoms with Gasteiger partial charge in [0.2, 0.25) is 0 Å². The zero-order valence-electron chi connectivity index (χ0n) is 9.05. The molecule has 0 aliphatic heterocycles. The van der Waals surface area contributed by atoms with Crippen LogP contribution in [0.3, 0.4) is 0 Å². The lowest BCUT2D eigenvalue weighted by molar-refractivity contribution is -0.380. The number of nitrogens with one attached hydrogen (secondary N) is 1. The molecule has 2 N–H and O–H groups in total. The normalized spacial score (nSPS) is 12.4. The van der Waals surface area contributed by atoms with Crippen LogP contribution < -0.4 is 5.32 Å². The van der Waals surface area contributed by atoms with Gasteiger partial charge in [-0.05, 0) is 23.7 Å². The van der Waals surface area contributed by atoms with Crippen LogP contribution >= 0.6 is 11.3 Å². The van der Waals surface area contributed by atoms with Gasteiger partial charge in [0.15, 0.2) is 5.13 Å². The van der Waals surface area contributed by atoms with Gasteiger partial charge in [-0.1, -0.05) is 13.3 Å². The van der Waals surface area contributed by atoms with Gasteiger partial charge in [0.1, 0.15) is 6.20 Å².